The van der Waals surface area contributed by atoms with Crippen LogP contribution in [-0.2, 0) is 14.3 Å². The number of allylic oxidation sites excluding steroid dienone is 4. The molecule has 0 heterocycles. The van der Waals surface area contributed by atoms with E-state index in [2.05, 4.69) is 40.7 Å². The van der Waals surface area contributed by atoms with Crippen LogP contribution in [0.15, 0.2) is 23.3 Å². The molecule has 3 aliphatic rings. The van der Waals surface area contributed by atoms with E-state index in [-0.39, 0.29) is 28.0 Å². The monoisotopic (exact) mass is 432 g/mol. The first-order valence-corrected chi connectivity index (χ1v) is 12.3. The van der Waals surface area contributed by atoms with Gasteiger partial charge < -0.3 is 4.74 Å². The summed E-state index contributed by atoms with van der Waals surface area (Å²) < 4.78 is 5.58. The summed E-state index contributed by atoms with van der Waals surface area (Å²) in [6, 6.07) is 0. The molecule has 1 fully saturated rings. The molecule has 3 rings (SSSR count). The Morgan fingerprint density at radius 3 is 2.63 bits per heavy atom. The van der Waals surface area contributed by atoms with Gasteiger partial charge in [0.1, 0.15) is 6.10 Å². The van der Waals surface area contributed by atoms with Crippen molar-refractivity contribution in [2.75, 3.05) is 0 Å². The molecule has 0 N–H and O–H groups in total. The number of carbonyl (C=O) groups excluding carboxylic acids is 2. The average molecular weight is 433 g/mol. The third kappa shape index (κ3) is 3.94. The lowest BCUT2D eigenvalue weighted by atomic mass is 9.58. The molecule has 6 atom stereocenters. The van der Waals surface area contributed by atoms with E-state index in [1.54, 1.807) is 0 Å². The molecule has 0 spiro atoms. The van der Waals surface area contributed by atoms with Crippen LogP contribution in [-0.4, -0.2) is 22.6 Å². The first-order valence-electron chi connectivity index (χ1n) is 11.9. The number of ether oxygens (including phenoxy) is 1. The summed E-state index contributed by atoms with van der Waals surface area (Å²) in [4.78, 5) is 24.5. The minimum Gasteiger partial charge on any atom is -0.461 e. The number of carbonyl (C=O) groups is 2. The van der Waals surface area contributed by atoms with E-state index in [0.717, 1.165) is 32.1 Å². The van der Waals surface area contributed by atoms with Crippen molar-refractivity contribution in [3.05, 3.63) is 23.3 Å². The fraction of sp³-hybridized carbons (Fsp3) is 0.769. The van der Waals surface area contributed by atoms with E-state index in [9.17, 15) is 9.59 Å². The highest BCUT2D eigenvalue weighted by Crippen LogP contribution is 2.56. The molecule has 168 valence electrons. The zero-order valence-electron chi connectivity index (χ0n) is 19.7. The van der Waals surface area contributed by atoms with Crippen molar-refractivity contribution in [1.29, 1.82) is 0 Å². The van der Waals surface area contributed by atoms with Crippen LogP contribution in [0.2, 0.25) is 0 Å². The molecule has 0 saturated heterocycles. The Kier molecular flexibility index (Phi) is 6.96. The zero-order valence-corrected chi connectivity index (χ0v) is 20.6. The van der Waals surface area contributed by atoms with Gasteiger partial charge in [0, 0.05) is 18.3 Å². The number of hydrogen-bond acceptors (Lipinski definition) is 4. The van der Waals surface area contributed by atoms with Crippen molar-refractivity contribution >= 4 is 24.4 Å². The molecule has 0 amide bonds. The third-order valence-corrected chi connectivity index (χ3v) is 9.48. The van der Waals surface area contributed by atoms with Gasteiger partial charge in [0.15, 0.2) is 5.78 Å². The fourth-order valence-corrected chi connectivity index (χ4v) is 7.22. The molecule has 1 saturated carbocycles. The van der Waals surface area contributed by atoms with Crippen LogP contribution >= 0.6 is 12.6 Å². The van der Waals surface area contributed by atoms with E-state index < -0.39 is 0 Å². The normalized spacial score (nSPS) is 41.4. The Bertz CT molecular complexity index is 751. The standard InChI is InChI=1S/C26H40O3S/c1-7-24(28)29-23-9-8-22-19(6)17(4)14-20-15-21(27)11-12-25(20,16(2)3)18(5)10-13-26(22,23)30/h10,15-17,19,22-23,30H,7-9,11-14H2,1-6H3/b18-10+. The SMILES string of the molecule is CCC(=O)OC1CCC2C(C)C(C)CC3=CC(=O)CCC3(C(C)C)/C(C)=C/CC12S. The van der Waals surface area contributed by atoms with Crippen molar-refractivity contribution in [2.45, 2.75) is 97.3 Å². The second kappa shape index (κ2) is 8.84. The van der Waals surface area contributed by atoms with Crippen LogP contribution in [0, 0.1) is 29.1 Å². The summed E-state index contributed by atoms with van der Waals surface area (Å²) in [5, 5.41) is 0. The van der Waals surface area contributed by atoms with Gasteiger partial charge in [0.05, 0.1) is 4.75 Å². The topological polar surface area (TPSA) is 43.4 Å². The molecule has 30 heavy (non-hydrogen) atoms. The molecular formula is C26H40O3S. The molecule has 6 unspecified atom stereocenters. The van der Waals surface area contributed by atoms with Gasteiger partial charge in [-0.2, -0.15) is 12.6 Å². The largest absolute Gasteiger partial charge is 0.461 e. The number of rotatable bonds is 3. The first-order chi connectivity index (χ1) is 14.1. The average Bonchev–Trinajstić information content (AvgIpc) is 3.01. The molecule has 0 aromatic rings. The van der Waals surface area contributed by atoms with Crippen LogP contribution in [0.25, 0.3) is 0 Å². The number of esters is 1. The molecule has 0 bridgehead atoms. The molecule has 0 radical (unpaired) electrons. The molecule has 0 aromatic carbocycles. The second-order valence-corrected chi connectivity index (χ2v) is 11.2. The third-order valence-electron chi connectivity index (χ3n) is 8.67. The molecule has 3 aliphatic carbocycles. The maximum Gasteiger partial charge on any atom is 0.305 e. The number of thiol groups is 1. The van der Waals surface area contributed by atoms with Crippen LogP contribution < -0.4 is 0 Å². The van der Waals surface area contributed by atoms with Crippen LogP contribution in [0.1, 0.15) is 86.5 Å². The summed E-state index contributed by atoms with van der Waals surface area (Å²) in [6.45, 7) is 13.4. The van der Waals surface area contributed by atoms with Gasteiger partial charge in [0.25, 0.3) is 0 Å². The van der Waals surface area contributed by atoms with Gasteiger partial charge >= 0.3 is 5.97 Å². The van der Waals surface area contributed by atoms with Gasteiger partial charge in [-0.05, 0) is 68.8 Å². The highest BCUT2D eigenvalue weighted by atomic mass is 32.1. The van der Waals surface area contributed by atoms with E-state index in [1.165, 1.54) is 11.1 Å². The maximum atomic E-state index is 12.4. The molecular weight excluding hydrogens is 392 g/mol. The molecule has 0 aliphatic heterocycles. The Balaban J connectivity index is 2.08. The highest BCUT2D eigenvalue weighted by Gasteiger charge is 2.53. The summed E-state index contributed by atoms with van der Waals surface area (Å²) >= 11 is 5.28. The summed E-state index contributed by atoms with van der Waals surface area (Å²) in [5.41, 5.74) is 2.64. The van der Waals surface area contributed by atoms with Gasteiger partial charge in [-0.15, -0.1) is 0 Å². The van der Waals surface area contributed by atoms with Crippen molar-refractivity contribution < 1.29 is 14.3 Å². The van der Waals surface area contributed by atoms with Crippen molar-refractivity contribution in [3.8, 4) is 0 Å². The first kappa shape index (κ1) is 23.6. The lowest BCUT2D eigenvalue weighted by molar-refractivity contribution is -0.149. The van der Waals surface area contributed by atoms with Gasteiger partial charge in [-0.1, -0.05) is 51.8 Å². The van der Waals surface area contributed by atoms with Crippen molar-refractivity contribution in [3.63, 3.8) is 0 Å². The number of hydrogen-bond donors (Lipinski definition) is 1. The number of ketones is 1. The Labute approximate surface area is 188 Å². The van der Waals surface area contributed by atoms with Crippen LogP contribution in [0.5, 0.6) is 0 Å². The summed E-state index contributed by atoms with van der Waals surface area (Å²) in [5.74, 6) is 1.87. The smallest absolute Gasteiger partial charge is 0.305 e. The van der Waals surface area contributed by atoms with Gasteiger partial charge in [-0.25, -0.2) is 0 Å². The Hall–Kier alpha value is -1.03. The van der Waals surface area contributed by atoms with Crippen LogP contribution in [0.4, 0.5) is 0 Å². The lowest BCUT2D eigenvalue weighted by Crippen LogP contribution is -2.45. The predicted molar refractivity (Wildman–Crippen MR) is 126 cm³/mol. The number of fused-ring (bicyclic) bond motifs is 2. The highest BCUT2D eigenvalue weighted by molar-refractivity contribution is 7.82. The maximum absolute atomic E-state index is 12.4. The summed E-state index contributed by atoms with van der Waals surface area (Å²) in [7, 11) is 0. The van der Waals surface area contributed by atoms with Crippen molar-refractivity contribution in [1.82, 2.24) is 0 Å². The molecule has 3 nitrogen and oxygen atoms in total. The van der Waals surface area contributed by atoms with Gasteiger partial charge in [0.2, 0.25) is 0 Å². The van der Waals surface area contributed by atoms with Crippen molar-refractivity contribution in [2.24, 2.45) is 29.1 Å². The minimum atomic E-state index is -0.330. The Morgan fingerprint density at radius 2 is 2.00 bits per heavy atom. The van der Waals surface area contributed by atoms with Crippen LogP contribution in [0.3, 0.4) is 0 Å². The summed E-state index contributed by atoms with van der Waals surface area (Å²) in [6.07, 6.45) is 9.83. The van der Waals surface area contributed by atoms with E-state index in [1.807, 2.05) is 13.0 Å². The second-order valence-electron chi connectivity index (χ2n) is 10.4. The van der Waals surface area contributed by atoms with E-state index in [4.69, 9.17) is 17.4 Å². The van der Waals surface area contributed by atoms with Gasteiger partial charge in [-0.3, -0.25) is 9.59 Å². The van der Waals surface area contributed by atoms with E-state index in [0.29, 0.717) is 36.5 Å². The molecule has 4 heteroatoms. The zero-order chi connectivity index (χ0) is 22.3. The minimum absolute atomic E-state index is 0.0486. The quantitative estimate of drug-likeness (QED) is 0.322. The van der Waals surface area contributed by atoms with E-state index >= 15 is 0 Å². The fourth-order valence-electron chi connectivity index (χ4n) is 6.58. The molecule has 0 aromatic heterocycles. The predicted octanol–water partition coefficient (Wildman–Crippen LogP) is 6.33. The Morgan fingerprint density at radius 1 is 1.30 bits per heavy atom. The lowest BCUT2D eigenvalue weighted by Gasteiger charge is -2.47.